The number of aryl methyl sites for hydroxylation is 1. The molecule has 5 nitrogen and oxygen atoms in total. The first kappa shape index (κ1) is 13.1. The molecule has 1 aliphatic rings. The van der Waals surface area contributed by atoms with E-state index in [2.05, 4.69) is 58.6 Å². The van der Waals surface area contributed by atoms with Crippen molar-refractivity contribution in [3.8, 4) is 0 Å². The first-order valence-corrected chi connectivity index (χ1v) is 6.97. The molecule has 0 aliphatic carbocycles. The lowest BCUT2D eigenvalue weighted by Gasteiger charge is -2.31. The van der Waals surface area contributed by atoms with Gasteiger partial charge in [0.05, 0.1) is 6.54 Å². The topological polar surface area (TPSA) is 46.0 Å². The monoisotopic (exact) mass is 271 g/mol. The normalized spacial score (nSPS) is 17.6. The second kappa shape index (κ2) is 4.90. The zero-order valence-electron chi connectivity index (χ0n) is 12.3. The van der Waals surface area contributed by atoms with Gasteiger partial charge in [-0.05, 0) is 25.5 Å². The van der Waals surface area contributed by atoms with Crippen LogP contribution in [0.5, 0.6) is 0 Å². The summed E-state index contributed by atoms with van der Waals surface area (Å²) in [5.41, 5.74) is 3.69. The molecule has 1 aromatic heterocycles. The summed E-state index contributed by atoms with van der Waals surface area (Å²) in [7, 11) is 1.90. The van der Waals surface area contributed by atoms with E-state index in [1.807, 2.05) is 13.2 Å². The van der Waals surface area contributed by atoms with Crippen molar-refractivity contribution in [3.63, 3.8) is 0 Å². The van der Waals surface area contributed by atoms with Crippen molar-refractivity contribution in [2.24, 2.45) is 7.05 Å². The average Bonchev–Trinajstić information content (AvgIpc) is 2.75. The second-order valence-corrected chi connectivity index (χ2v) is 6.11. The minimum Gasteiger partial charge on any atom is -0.363 e. The van der Waals surface area contributed by atoms with E-state index in [0.717, 1.165) is 25.3 Å². The zero-order valence-corrected chi connectivity index (χ0v) is 12.3. The van der Waals surface area contributed by atoms with Gasteiger partial charge in [0, 0.05) is 37.6 Å². The van der Waals surface area contributed by atoms with Crippen LogP contribution in [0.2, 0.25) is 0 Å². The number of aromatic nitrogens is 3. The molecule has 0 fully saturated rings. The van der Waals surface area contributed by atoms with Crippen molar-refractivity contribution in [2.75, 3.05) is 11.4 Å². The van der Waals surface area contributed by atoms with Crippen LogP contribution in [0.3, 0.4) is 0 Å². The molecule has 1 aliphatic heterocycles. The van der Waals surface area contributed by atoms with E-state index in [4.69, 9.17) is 0 Å². The Morgan fingerprint density at radius 3 is 2.85 bits per heavy atom. The van der Waals surface area contributed by atoms with E-state index in [1.54, 1.807) is 4.68 Å². The molecular formula is C15H21N5. The van der Waals surface area contributed by atoms with Crippen molar-refractivity contribution >= 4 is 5.69 Å². The maximum absolute atomic E-state index is 4.21. The number of fused-ring (bicyclic) bond motifs is 1. The van der Waals surface area contributed by atoms with Crippen LogP contribution in [0.1, 0.15) is 25.1 Å². The van der Waals surface area contributed by atoms with Gasteiger partial charge in [0.2, 0.25) is 0 Å². The Bertz CT molecular complexity index is 602. The molecule has 2 aromatic rings. The summed E-state index contributed by atoms with van der Waals surface area (Å²) in [6.45, 7) is 7.11. The van der Waals surface area contributed by atoms with Gasteiger partial charge >= 0.3 is 0 Å². The molecular weight excluding hydrogens is 250 g/mol. The molecule has 20 heavy (non-hydrogen) atoms. The van der Waals surface area contributed by atoms with Gasteiger partial charge in [-0.1, -0.05) is 23.4 Å². The third-order valence-electron chi connectivity index (χ3n) is 3.68. The van der Waals surface area contributed by atoms with Gasteiger partial charge in [-0.2, -0.15) is 0 Å². The Hall–Kier alpha value is -1.88. The third kappa shape index (κ3) is 2.67. The maximum Gasteiger partial charge on any atom is 0.102 e. The molecule has 0 spiro atoms. The van der Waals surface area contributed by atoms with Gasteiger partial charge < -0.3 is 10.2 Å². The third-order valence-corrected chi connectivity index (χ3v) is 3.68. The van der Waals surface area contributed by atoms with Crippen LogP contribution in [0, 0.1) is 0 Å². The predicted octanol–water partition coefficient (Wildman–Crippen LogP) is 1.70. The van der Waals surface area contributed by atoms with Crippen molar-refractivity contribution in [1.82, 2.24) is 20.3 Å². The number of rotatable bonds is 2. The molecule has 0 atom stereocenters. The number of benzene rings is 1. The molecule has 0 saturated carbocycles. The quantitative estimate of drug-likeness (QED) is 0.903. The molecule has 2 heterocycles. The average molecular weight is 271 g/mol. The van der Waals surface area contributed by atoms with E-state index in [-0.39, 0.29) is 5.54 Å². The number of nitrogens with zero attached hydrogens (tertiary/aromatic N) is 4. The molecule has 3 rings (SSSR count). The van der Waals surface area contributed by atoms with Crippen LogP contribution in [-0.2, 0) is 20.1 Å². The fourth-order valence-electron chi connectivity index (χ4n) is 2.73. The lowest BCUT2D eigenvalue weighted by molar-refractivity contribution is 0.394. The summed E-state index contributed by atoms with van der Waals surface area (Å²) in [5, 5.41) is 11.8. The highest BCUT2D eigenvalue weighted by Crippen LogP contribution is 2.27. The van der Waals surface area contributed by atoms with Crippen LogP contribution >= 0.6 is 0 Å². The van der Waals surface area contributed by atoms with E-state index >= 15 is 0 Å². The van der Waals surface area contributed by atoms with Crippen LogP contribution < -0.4 is 10.2 Å². The lowest BCUT2D eigenvalue weighted by atomic mass is 10.1. The van der Waals surface area contributed by atoms with Crippen molar-refractivity contribution in [2.45, 2.75) is 32.5 Å². The number of hydrogen-bond acceptors (Lipinski definition) is 4. The van der Waals surface area contributed by atoms with Crippen LogP contribution in [0.25, 0.3) is 0 Å². The molecule has 0 radical (unpaired) electrons. The Balaban J connectivity index is 1.93. The van der Waals surface area contributed by atoms with E-state index in [0.29, 0.717) is 0 Å². The standard InChI is InChI=1S/C15H21N5/c1-15(2)11-20(10-13-9-19(3)18-17-13)14-7-5-4-6-12(14)8-16-15/h4-7,9,16H,8,10-11H2,1-3H3. The molecule has 0 unspecified atom stereocenters. The fraction of sp³-hybridized carbons (Fsp3) is 0.467. The van der Waals surface area contributed by atoms with Gasteiger partial charge in [-0.3, -0.25) is 4.68 Å². The highest BCUT2D eigenvalue weighted by Gasteiger charge is 2.27. The summed E-state index contributed by atoms with van der Waals surface area (Å²) < 4.78 is 1.75. The highest BCUT2D eigenvalue weighted by molar-refractivity contribution is 5.55. The van der Waals surface area contributed by atoms with Crippen molar-refractivity contribution in [3.05, 3.63) is 41.7 Å². The summed E-state index contributed by atoms with van der Waals surface area (Å²) in [6, 6.07) is 8.57. The van der Waals surface area contributed by atoms with Gasteiger partial charge in [0.15, 0.2) is 0 Å². The Morgan fingerprint density at radius 1 is 1.30 bits per heavy atom. The molecule has 5 heteroatoms. The predicted molar refractivity (Wildman–Crippen MR) is 79.4 cm³/mol. The van der Waals surface area contributed by atoms with E-state index in [9.17, 15) is 0 Å². The molecule has 0 bridgehead atoms. The van der Waals surface area contributed by atoms with Crippen LogP contribution in [-0.4, -0.2) is 27.1 Å². The molecule has 1 aromatic carbocycles. The van der Waals surface area contributed by atoms with Crippen LogP contribution in [0.4, 0.5) is 5.69 Å². The first-order chi connectivity index (χ1) is 9.53. The van der Waals surface area contributed by atoms with Gasteiger partial charge in [-0.15, -0.1) is 5.10 Å². The zero-order chi connectivity index (χ0) is 14.2. The first-order valence-electron chi connectivity index (χ1n) is 6.97. The molecule has 1 N–H and O–H groups in total. The summed E-state index contributed by atoms with van der Waals surface area (Å²) in [4.78, 5) is 2.39. The molecule has 106 valence electrons. The largest absolute Gasteiger partial charge is 0.363 e. The van der Waals surface area contributed by atoms with E-state index < -0.39 is 0 Å². The number of para-hydroxylation sites is 1. The molecule has 0 amide bonds. The van der Waals surface area contributed by atoms with Gasteiger partial charge in [0.25, 0.3) is 0 Å². The summed E-state index contributed by atoms with van der Waals surface area (Å²) in [6.07, 6.45) is 1.98. The minimum atomic E-state index is 0.0707. The van der Waals surface area contributed by atoms with E-state index in [1.165, 1.54) is 11.3 Å². The maximum atomic E-state index is 4.21. The summed E-state index contributed by atoms with van der Waals surface area (Å²) >= 11 is 0. The highest BCUT2D eigenvalue weighted by atomic mass is 15.4. The van der Waals surface area contributed by atoms with Crippen LogP contribution in [0.15, 0.2) is 30.5 Å². The Kier molecular flexibility index (Phi) is 3.22. The number of nitrogens with one attached hydrogen (secondary N) is 1. The van der Waals surface area contributed by atoms with Crippen molar-refractivity contribution < 1.29 is 0 Å². The number of anilines is 1. The van der Waals surface area contributed by atoms with Gasteiger partial charge in [-0.25, -0.2) is 0 Å². The SMILES string of the molecule is Cn1cc(CN2CC(C)(C)NCc3ccccc32)nn1. The smallest absolute Gasteiger partial charge is 0.102 e. The lowest BCUT2D eigenvalue weighted by Crippen LogP contribution is -2.46. The molecule has 0 saturated heterocycles. The Morgan fingerprint density at radius 2 is 2.10 bits per heavy atom. The second-order valence-electron chi connectivity index (χ2n) is 6.11. The van der Waals surface area contributed by atoms with Crippen molar-refractivity contribution in [1.29, 1.82) is 0 Å². The number of hydrogen-bond donors (Lipinski definition) is 1. The Labute approximate surface area is 119 Å². The summed E-state index contributed by atoms with van der Waals surface area (Å²) in [5.74, 6) is 0. The fourth-order valence-corrected chi connectivity index (χ4v) is 2.73. The minimum absolute atomic E-state index is 0.0707. The van der Waals surface area contributed by atoms with Gasteiger partial charge in [0.1, 0.15) is 5.69 Å².